The third-order valence-electron chi connectivity index (χ3n) is 1.44. The van der Waals surface area contributed by atoms with Gasteiger partial charge < -0.3 is 10.2 Å². The molecule has 0 unspecified atom stereocenters. The van der Waals surface area contributed by atoms with Gasteiger partial charge in [-0.3, -0.25) is 0 Å². The average molecular weight is 217 g/mol. The third kappa shape index (κ3) is 1.94. The van der Waals surface area contributed by atoms with Gasteiger partial charge in [-0.15, -0.1) is 0 Å². The molecule has 0 saturated carbocycles. The van der Waals surface area contributed by atoms with Crippen molar-refractivity contribution in [1.29, 1.82) is 0 Å². The number of aliphatic hydroxyl groups is 1. The van der Waals surface area contributed by atoms with Crippen molar-refractivity contribution in [1.82, 2.24) is 0 Å². The molecule has 11 heavy (non-hydrogen) atoms. The number of benzene rings is 1. The van der Waals surface area contributed by atoms with Gasteiger partial charge in [0.2, 0.25) is 0 Å². The van der Waals surface area contributed by atoms with E-state index in [0.29, 0.717) is 10.9 Å². The topological polar surface area (TPSA) is 40.5 Å². The lowest BCUT2D eigenvalue weighted by Gasteiger charge is -2.02. The molecule has 0 fully saturated rings. The minimum absolute atomic E-state index is 0.0993. The second kappa shape index (κ2) is 3.74. The lowest BCUT2D eigenvalue weighted by atomic mass is 10.1. The molecule has 0 aliphatic heterocycles. The summed E-state index contributed by atoms with van der Waals surface area (Å²) in [6, 6.07) is 5.22. The SMILES string of the molecule is OCCc1cccc(O)c1Br. The monoisotopic (exact) mass is 216 g/mol. The smallest absolute Gasteiger partial charge is 0.130 e. The van der Waals surface area contributed by atoms with Crippen molar-refractivity contribution < 1.29 is 10.2 Å². The molecule has 0 bridgehead atoms. The first-order valence-electron chi connectivity index (χ1n) is 3.33. The van der Waals surface area contributed by atoms with E-state index >= 15 is 0 Å². The molecule has 1 aromatic carbocycles. The molecule has 1 aromatic rings. The number of hydrogen-bond donors (Lipinski definition) is 2. The minimum atomic E-state index is 0.0993. The van der Waals surface area contributed by atoms with Crippen LogP contribution in [-0.2, 0) is 6.42 Å². The van der Waals surface area contributed by atoms with Gasteiger partial charge in [-0.1, -0.05) is 12.1 Å². The Bertz CT molecular complexity index is 248. The number of phenols is 1. The Hall–Kier alpha value is -0.540. The lowest BCUT2D eigenvalue weighted by molar-refractivity contribution is 0.299. The molecule has 0 atom stereocenters. The molecule has 0 aliphatic carbocycles. The summed E-state index contributed by atoms with van der Waals surface area (Å²) in [6.07, 6.45) is 0.564. The predicted octanol–water partition coefficient (Wildman–Crippen LogP) is 1.69. The van der Waals surface area contributed by atoms with E-state index in [1.54, 1.807) is 12.1 Å². The van der Waals surface area contributed by atoms with Gasteiger partial charge in [0.05, 0.1) is 4.47 Å². The highest BCUT2D eigenvalue weighted by Gasteiger charge is 2.02. The zero-order valence-electron chi connectivity index (χ0n) is 5.92. The van der Waals surface area contributed by atoms with Crippen molar-refractivity contribution in [2.24, 2.45) is 0 Å². The van der Waals surface area contributed by atoms with E-state index in [2.05, 4.69) is 15.9 Å². The summed E-state index contributed by atoms with van der Waals surface area (Å²) in [5.74, 6) is 0.218. The standard InChI is InChI=1S/C8H9BrO2/c9-8-6(4-5-10)2-1-3-7(8)11/h1-3,10-11H,4-5H2. The lowest BCUT2D eigenvalue weighted by Crippen LogP contribution is -1.91. The predicted molar refractivity (Wildman–Crippen MR) is 46.6 cm³/mol. The zero-order valence-corrected chi connectivity index (χ0v) is 7.50. The first-order chi connectivity index (χ1) is 5.25. The second-order valence-corrected chi connectivity index (χ2v) is 3.02. The van der Waals surface area contributed by atoms with Gasteiger partial charge in [0.1, 0.15) is 5.75 Å². The summed E-state index contributed by atoms with van der Waals surface area (Å²) in [5, 5.41) is 17.8. The zero-order chi connectivity index (χ0) is 8.27. The van der Waals surface area contributed by atoms with Gasteiger partial charge in [-0.05, 0) is 34.0 Å². The van der Waals surface area contributed by atoms with Crippen molar-refractivity contribution in [3.05, 3.63) is 28.2 Å². The van der Waals surface area contributed by atoms with E-state index in [1.165, 1.54) is 0 Å². The highest BCUT2D eigenvalue weighted by atomic mass is 79.9. The molecule has 1 rings (SSSR count). The number of phenolic OH excluding ortho intramolecular Hbond substituents is 1. The first kappa shape index (κ1) is 8.56. The Morgan fingerprint density at radius 1 is 1.36 bits per heavy atom. The number of hydrogen-bond acceptors (Lipinski definition) is 2. The molecule has 0 amide bonds. The molecule has 0 spiro atoms. The van der Waals surface area contributed by atoms with Gasteiger partial charge in [0.15, 0.2) is 0 Å². The van der Waals surface area contributed by atoms with Crippen LogP contribution < -0.4 is 0 Å². The van der Waals surface area contributed by atoms with E-state index in [0.717, 1.165) is 5.56 Å². The highest BCUT2D eigenvalue weighted by Crippen LogP contribution is 2.27. The van der Waals surface area contributed by atoms with Crippen LogP contribution in [-0.4, -0.2) is 16.8 Å². The van der Waals surface area contributed by atoms with Gasteiger partial charge in [-0.2, -0.15) is 0 Å². The van der Waals surface area contributed by atoms with Gasteiger partial charge in [-0.25, -0.2) is 0 Å². The van der Waals surface area contributed by atoms with Crippen LogP contribution in [0.15, 0.2) is 22.7 Å². The van der Waals surface area contributed by atoms with Crippen molar-refractivity contribution >= 4 is 15.9 Å². The van der Waals surface area contributed by atoms with Gasteiger partial charge >= 0.3 is 0 Å². The van der Waals surface area contributed by atoms with E-state index in [9.17, 15) is 5.11 Å². The maximum Gasteiger partial charge on any atom is 0.130 e. The fourth-order valence-electron chi connectivity index (χ4n) is 0.880. The maximum absolute atomic E-state index is 9.20. The molecule has 0 heterocycles. The van der Waals surface area contributed by atoms with Crippen LogP contribution in [0.3, 0.4) is 0 Å². The Kier molecular flexibility index (Phi) is 2.91. The Morgan fingerprint density at radius 2 is 2.09 bits per heavy atom. The first-order valence-corrected chi connectivity index (χ1v) is 4.12. The Labute approximate surface area is 73.6 Å². The van der Waals surface area contributed by atoms with Crippen LogP contribution in [0.2, 0.25) is 0 Å². The van der Waals surface area contributed by atoms with Crippen molar-refractivity contribution in [2.75, 3.05) is 6.61 Å². The van der Waals surface area contributed by atoms with Crippen LogP contribution in [0.5, 0.6) is 5.75 Å². The molecule has 0 saturated heterocycles. The number of rotatable bonds is 2. The van der Waals surface area contributed by atoms with Gasteiger partial charge in [0.25, 0.3) is 0 Å². The summed E-state index contributed by atoms with van der Waals surface area (Å²) < 4.78 is 0.675. The average Bonchev–Trinajstić information content (AvgIpc) is 1.99. The second-order valence-electron chi connectivity index (χ2n) is 2.22. The summed E-state index contributed by atoms with van der Waals surface area (Å²) in [5.41, 5.74) is 0.924. The van der Waals surface area contributed by atoms with E-state index in [-0.39, 0.29) is 12.4 Å². The molecule has 2 N–H and O–H groups in total. The summed E-state index contributed by atoms with van der Waals surface area (Å²) in [4.78, 5) is 0. The summed E-state index contributed by atoms with van der Waals surface area (Å²) in [6.45, 7) is 0.0993. The molecule has 0 aliphatic rings. The molecule has 0 radical (unpaired) electrons. The minimum Gasteiger partial charge on any atom is -0.507 e. The summed E-state index contributed by atoms with van der Waals surface area (Å²) >= 11 is 3.22. The van der Waals surface area contributed by atoms with Crippen molar-refractivity contribution in [3.8, 4) is 5.75 Å². The van der Waals surface area contributed by atoms with E-state index in [1.807, 2.05) is 6.07 Å². The van der Waals surface area contributed by atoms with E-state index in [4.69, 9.17) is 5.11 Å². The molecule has 3 heteroatoms. The van der Waals surface area contributed by atoms with Crippen LogP contribution >= 0.6 is 15.9 Å². The number of aromatic hydroxyl groups is 1. The molecular formula is C8H9BrO2. The Balaban J connectivity index is 2.96. The van der Waals surface area contributed by atoms with Crippen LogP contribution in [0.4, 0.5) is 0 Å². The molecule has 2 nitrogen and oxygen atoms in total. The normalized spacial score (nSPS) is 10.0. The van der Waals surface area contributed by atoms with Crippen LogP contribution in [0.1, 0.15) is 5.56 Å². The quantitative estimate of drug-likeness (QED) is 0.791. The van der Waals surface area contributed by atoms with Crippen molar-refractivity contribution in [3.63, 3.8) is 0 Å². The molecule has 60 valence electrons. The van der Waals surface area contributed by atoms with Crippen molar-refractivity contribution in [2.45, 2.75) is 6.42 Å². The van der Waals surface area contributed by atoms with Crippen LogP contribution in [0, 0.1) is 0 Å². The third-order valence-corrected chi connectivity index (χ3v) is 2.35. The Morgan fingerprint density at radius 3 is 2.73 bits per heavy atom. The molecular weight excluding hydrogens is 208 g/mol. The number of aliphatic hydroxyl groups excluding tert-OH is 1. The van der Waals surface area contributed by atoms with E-state index < -0.39 is 0 Å². The fraction of sp³-hybridized carbons (Fsp3) is 0.250. The van der Waals surface area contributed by atoms with Gasteiger partial charge in [0, 0.05) is 6.61 Å². The summed E-state index contributed by atoms with van der Waals surface area (Å²) in [7, 11) is 0. The highest BCUT2D eigenvalue weighted by molar-refractivity contribution is 9.10. The number of halogens is 1. The van der Waals surface area contributed by atoms with Crippen LogP contribution in [0.25, 0.3) is 0 Å². The largest absolute Gasteiger partial charge is 0.507 e. The fourth-order valence-corrected chi connectivity index (χ4v) is 1.34. The molecule has 0 aromatic heterocycles. The maximum atomic E-state index is 9.20.